The molecule has 1 aliphatic rings. The molecule has 1 heterocycles. The van der Waals surface area contributed by atoms with Gasteiger partial charge >= 0.3 is 0 Å². The van der Waals surface area contributed by atoms with Crippen molar-refractivity contribution in [1.29, 1.82) is 0 Å². The molecule has 3 rings (SSSR count). The Hall–Kier alpha value is -1.48. The predicted molar refractivity (Wildman–Crippen MR) is 109 cm³/mol. The maximum atomic E-state index is 12.7. The molecule has 144 valence electrons. The van der Waals surface area contributed by atoms with Crippen molar-refractivity contribution in [2.24, 2.45) is 16.1 Å². The van der Waals surface area contributed by atoms with Crippen molar-refractivity contribution in [3.05, 3.63) is 45.9 Å². The van der Waals surface area contributed by atoms with Crippen LogP contribution < -0.4 is 0 Å². The molecule has 2 aromatic rings. The lowest BCUT2D eigenvalue weighted by molar-refractivity contribution is 0.288. The zero-order valence-electron chi connectivity index (χ0n) is 14.6. The van der Waals surface area contributed by atoms with E-state index in [0.717, 1.165) is 12.8 Å². The third kappa shape index (κ3) is 4.68. The quantitative estimate of drug-likeness (QED) is 0.584. The van der Waals surface area contributed by atoms with Gasteiger partial charge in [-0.2, -0.15) is 9.42 Å². The molecule has 27 heavy (non-hydrogen) atoms. The van der Waals surface area contributed by atoms with Crippen LogP contribution in [-0.4, -0.2) is 30.9 Å². The molecule has 2 aromatic carbocycles. The predicted octanol–water partition coefficient (Wildman–Crippen LogP) is 5.64. The van der Waals surface area contributed by atoms with Gasteiger partial charge in [-0.25, -0.2) is 8.42 Å². The van der Waals surface area contributed by atoms with Gasteiger partial charge < -0.3 is 5.11 Å². The fraction of sp³-hybridized carbons (Fsp3) is 0.333. The number of phenolic OH excluding ortho intramolecular Hbond substituents is 1. The van der Waals surface area contributed by atoms with E-state index in [2.05, 4.69) is 33.1 Å². The number of phenols is 1. The summed E-state index contributed by atoms with van der Waals surface area (Å²) < 4.78 is 27.4. The second kappa shape index (κ2) is 8.26. The second-order valence-corrected chi connectivity index (χ2v) is 9.76. The Labute approximate surface area is 172 Å². The molecule has 0 radical (unpaired) electrons. The van der Waals surface area contributed by atoms with Crippen LogP contribution in [0.3, 0.4) is 0 Å². The van der Waals surface area contributed by atoms with Crippen LogP contribution in [-0.2, 0) is 10.0 Å². The van der Waals surface area contributed by atoms with Crippen molar-refractivity contribution in [2.45, 2.75) is 24.7 Å². The molecule has 1 aliphatic heterocycles. The summed E-state index contributed by atoms with van der Waals surface area (Å²) in [6.07, 6.45) is 1.76. The molecular weight excluding hydrogens is 454 g/mol. The van der Waals surface area contributed by atoms with Gasteiger partial charge in [-0.1, -0.05) is 18.5 Å². The summed E-state index contributed by atoms with van der Waals surface area (Å²) in [4.78, 5) is 0.240. The van der Waals surface area contributed by atoms with Crippen LogP contribution in [0.15, 0.2) is 56.0 Å². The fourth-order valence-electron chi connectivity index (χ4n) is 2.80. The summed E-state index contributed by atoms with van der Waals surface area (Å²) in [6.45, 7) is 3.24. The first-order chi connectivity index (χ1) is 12.8. The van der Waals surface area contributed by atoms with E-state index in [1.54, 1.807) is 18.2 Å². The van der Waals surface area contributed by atoms with Crippen molar-refractivity contribution < 1.29 is 13.5 Å². The van der Waals surface area contributed by atoms with Gasteiger partial charge in [0, 0.05) is 18.1 Å². The molecule has 0 bridgehead atoms. The minimum atomic E-state index is -3.49. The maximum absolute atomic E-state index is 12.7. The highest BCUT2D eigenvalue weighted by Gasteiger charge is 2.27. The Morgan fingerprint density at radius 1 is 1.15 bits per heavy atom. The SMILES string of the molecule is CC1CCN(S(=O)(=O)c2ccc(N=Nc3cc(Cl)cc(Br)c3O)cc2)CC1. The zero-order valence-corrected chi connectivity index (χ0v) is 17.8. The molecule has 0 unspecified atom stereocenters. The monoisotopic (exact) mass is 471 g/mol. The highest BCUT2D eigenvalue weighted by Crippen LogP contribution is 2.38. The number of rotatable bonds is 4. The average Bonchev–Trinajstić information content (AvgIpc) is 2.64. The number of aromatic hydroxyl groups is 1. The first-order valence-electron chi connectivity index (χ1n) is 8.47. The topological polar surface area (TPSA) is 82.3 Å². The van der Waals surface area contributed by atoms with Crippen molar-refractivity contribution in [2.75, 3.05) is 13.1 Å². The Balaban J connectivity index is 1.78. The van der Waals surface area contributed by atoms with E-state index >= 15 is 0 Å². The zero-order chi connectivity index (χ0) is 19.6. The number of hydrogen-bond donors (Lipinski definition) is 1. The van der Waals surface area contributed by atoms with Crippen LogP contribution in [0.5, 0.6) is 5.75 Å². The number of sulfonamides is 1. The van der Waals surface area contributed by atoms with Crippen molar-refractivity contribution >= 4 is 48.9 Å². The fourth-order valence-corrected chi connectivity index (χ4v) is 5.06. The summed E-state index contributed by atoms with van der Waals surface area (Å²) in [5.74, 6) is 0.490. The molecule has 1 fully saturated rings. The molecule has 6 nitrogen and oxygen atoms in total. The molecule has 0 aromatic heterocycles. The van der Waals surface area contributed by atoms with E-state index < -0.39 is 10.0 Å². The van der Waals surface area contributed by atoms with E-state index in [0.29, 0.717) is 34.2 Å². The first kappa shape index (κ1) is 20.3. The van der Waals surface area contributed by atoms with Gasteiger partial charge in [0.2, 0.25) is 10.0 Å². The number of halogens is 2. The smallest absolute Gasteiger partial charge is 0.243 e. The molecular formula is C18H19BrClN3O3S. The van der Waals surface area contributed by atoms with E-state index in [1.807, 2.05) is 0 Å². The molecule has 1 N–H and O–H groups in total. The molecule has 0 spiro atoms. The third-order valence-electron chi connectivity index (χ3n) is 4.50. The molecule has 0 amide bonds. The summed E-state index contributed by atoms with van der Waals surface area (Å²) >= 11 is 9.13. The van der Waals surface area contributed by atoms with Crippen LogP contribution in [0, 0.1) is 5.92 Å². The number of piperidine rings is 1. The van der Waals surface area contributed by atoms with E-state index in [-0.39, 0.29) is 16.3 Å². The third-order valence-corrected chi connectivity index (χ3v) is 7.23. The molecule has 1 saturated heterocycles. The van der Waals surface area contributed by atoms with Gasteiger partial charge in [0.1, 0.15) is 5.69 Å². The van der Waals surface area contributed by atoms with Gasteiger partial charge in [-0.3, -0.25) is 0 Å². The average molecular weight is 473 g/mol. The highest BCUT2D eigenvalue weighted by molar-refractivity contribution is 9.10. The lowest BCUT2D eigenvalue weighted by atomic mass is 10.0. The summed E-state index contributed by atoms with van der Waals surface area (Å²) in [5.41, 5.74) is 0.685. The van der Waals surface area contributed by atoms with Crippen LogP contribution >= 0.6 is 27.5 Å². The number of hydrogen-bond acceptors (Lipinski definition) is 5. The largest absolute Gasteiger partial charge is 0.505 e. The molecule has 0 aliphatic carbocycles. The normalized spacial score (nSPS) is 16.9. The van der Waals surface area contributed by atoms with Crippen LogP contribution in [0.1, 0.15) is 19.8 Å². The standard InChI is InChI=1S/C18H19BrClN3O3S/c1-12-6-8-23(9-7-12)27(25,26)15-4-2-14(3-5-15)21-22-17-11-13(20)10-16(19)18(17)24/h2-5,10-12,24H,6-9H2,1H3. The molecule has 0 atom stereocenters. The Kier molecular flexibility index (Phi) is 6.20. The Bertz CT molecular complexity index is 957. The van der Waals surface area contributed by atoms with Gasteiger partial charge in [0.15, 0.2) is 5.75 Å². The lowest BCUT2D eigenvalue weighted by Crippen LogP contribution is -2.37. The Morgan fingerprint density at radius 2 is 1.78 bits per heavy atom. The minimum absolute atomic E-state index is 0.0679. The summed E-state index contributed by atoms with van der Waals surface area (Å²) in [7, 11) is -3.49. The van der Waals surface area contributed by atoms with Crippen molar-refractivity contribution in [3.8, 4) is 5.75 Å². The number of nitrogens with zero attached hydrogens (tertiary/aromatic N) is 3. The van der Waals surface area contributed by atoms with Gasteiger partial charge in [-0.15, -0.1) is 5.11 Å². The minimum Gasteiger partial charge on any atom is -0.505 e. The molecule has 0 saturated carbocycles. The van der Waals surface area contributed by atoms with Crippen molar-refractivity contribution in [3.63, 3.8) is 0 Å². The molecule has 9 heteroatoms. The number of azo groups is 1. The maximum Gasteiger partial charge on any atom is 0.243 e. The first-order valence-corrected chi connectivity index (χ1v) is 11.1. The van der Waals surface area contributed by atoms with E-state index in [9.17, 15) is 13.5 Å². The van der Waals surface area contributed by atoms with E-state index in [1.165, 1.54) is 22.5 Å². The lowest BCUT2D eigenvalue weighted by Gasteiger charge is -2.29. The van der Waals surface area contributed by atoms with Crippen LogP contribution in [0.25, 0.3) is 0 Å². The van der Waals surface area contributed by atoms with Gasteiger partial charge in [0.25, 0.3) is 0 Å². The van der Waals surface area contributed by atoms with E-state index in [4.69, 9.17) is 11.6 Å². The highest BCUT2D eigenvalue weighted by atomic mass is 79.9. The van der Waals surface area contributed by atoms with Gasteiger partial charge in [-0.05, 0) is 71.1 Å². The Morgan fingerprint density at radius 3 is 2.41 bits per heavy atom. The number of benzene rings is 2. The summed E-state index contributed by atoms with van der Waals surface area (Å²) in [6, 6.07) is 9.25. The van der Waals surface area contributed by atoms with Crippen molar-refractivity contribution in [1.82, 2.24) is 4.31 Å². The second-order valence-electron chi connectivity index (χ2n) is 6.54. The summed E-state index contributed by atoms with van der Waals surface area (Å²) in [5, 5.41) is 18.4. The van der Waals surface area contributed by atoms with Crippen LogP contribution in [0.2, 0.25) is 5.02 Å². The van der Waals surface area contributed by atoms with Crippen LogP contribution in [0.4, 0.5) is 11.4 Å². The van der Waals surface area contributed by atoms with Gasteiger partial charge in [0.05, 0.1) is 15.1 Å².